The maximum absolute atomic E-state index is 13.2. The number of hydrogen-bond acceptors (Lipinski definition) is 4. The van der Waals surface area contributed by atoms with Gasteiger partial charge in [-0.2, -0.15) is 0 Å². The number of rotatable bonds is 6. The van der Waals surface area contributed by atoms with Crippen LogP contribution in [0.15, 0.2) is 24.3 Å². The number of amides is 4. The first-order chi connectivity index (χ1) is 14.0. The predicted octanol–water partition coefficient (Wildman–Crippen LogP) is 2.57. The summed E-state index contributed by atoms with van der Waals surface area (Å²) in [6, 6.07) is 6.90. The van der Waals surface area contributed by atoms with Gasteiger partial charge in [0.25, 0.3) is 11.8 Å². The van der Waals surface area contributed by atoms with Crippen molar-refractivity contribution in [1.82, 2.24) is 14.7 Å². The molecule has 1 saturated carbocycles. The predicted molar refractivity (Wildman–Crippen MR) is 105 cm³/mol. The Bertz CT molecular complexity index is 855. The Hall–Kier alpha value is -2.57. The highest BCUT2D eigenvalue weighted by Crippen LogP contribution is 2.56. The van der Waals surface area contributed by atoms with Crippen molar-refractivity contribution in [3.05, 3.63) is 29.8 Å². The van der Waals surface area contributed by atoms with Crippen LogP contribution < -0.4 is 4.74 Å². The lowest BCUT2D eigenvalue weighted by atomic mass is 9.73. The fourth-order valence-electron chi connectivity index (χ4n) is 5.57. The number of carbonyl (C=O) groups is 3. The van der Waals surface area contributed by atoms with E-state index in [0.29, 0.717) is 24.6 Å². The third kappa shape index (κ3) is 2.66. The highest BCUT2D eigenvalue weighted by atomic mass is 16.5. The molecule has 4 heterocycles. The number of nitrogens with zero attached hydrogens (tertiary/aromatic N) is 3. The Morgan fingerprint density at radius 3 is 2.62 bits per heavy atom. The molecule has 4 saturated heterocycles. The number of imide groups is 1. The van der Waals surface area contributed by atoms with Gasteiger partial charge in [-0.05, 0) is 44.1 Å². The summed E-state index contributed by atoms with van der Waals surface area (Å²) in [5.41, 5.74) is 0.204. The van der Waals surface area contributed by atoms with Crippen LogP contribution in [0.2, 0.25) is 0 Å². The van der Waals surface area contributed by atoms with Crippen molar-refractivity contribution < 1.29 is 19.1 Å². The van der Waals surface area contributed by atoms with E-state index in [1.165, 1.54) is 4.90 Å². The fraction of sp³-hybridized carbons (Fsp3) is 0.591. The molecule has 7 nitrogen and oxygen atoms in total. The normalized spacial score (nSPS) is 28.6. The average Bonchev–Trinajstić information content (AvgIpc) is 3.46. The number of benzene rings is 1. The van der Waals surface area contributed by atoms with E-state index in [0.717, 1.165) is 44.3 Å². The van der Waals surface area contributed by atoms with E-state index < -0.39 is 5.54 Å². The molecule has 5 aliphatic rings. The van der Waals surface area contributed by atoms with Crippen LogP contribution in [-0.4, -0.2) is 64.3 Å². The zero-order valence-electron chi connectivity index (χ0n) is 16.8. The highest BCUT2D eigenvalue weighted by molar-refractivity contribution is 6.09. The van der Waals surface area contributed by atoms with Gasteiger partial charge in [-0.15, -0.1) is 0 Å². The SMILES string of the molecule is CCC(c1ccccc1OCC(=O)N1CCCC1)N1C(=O)N2CC3CC2(C3)C1=O. The smallest absolute Gasteiger partial charge is 0.328 e. The monoisotopic (exact) mass is 397 g/mol. The van der Waals surface area contributed by atoms with E-state index in [9.17, 15) is 14.4 Å². The van der Waals surface area contributed by atoms with Crippen molar-refractivity contribution in [3.63, 3.8) is 0 Å². The topological polar surface area (TPSA) is 70.2 Å². The second kappa shape index (κ2) is 6.75. The maximum atomic E-state index is 13.2. The first-order valence-corrected chi connectivity index (χ1v) is 10.7. The summed E-state index contributed by atoms with van der Waals surface area (Å²) in [6.45, 7) is 4.23. The molecule has 1 aliphatic carbocycles. The molecular formula is C22H27N3O4. The third-order valence-corrected chi connectivity index (χ3v) is 7.05. The largest absolute Gasteiger partial charge is 0.483 e. The maximum Gasteiger partial charge on any atom is 0.328 e. The molecule has 6 rings (SSSR count). The van der Waals surface area contributed by atoms with Crippen LogP contribution in [0.1, 0.15) is 50.6 Å². The van der Waals surface area contributed by atoms with Gasteiger partial charge in [0.2, 0.25) is 0 Å². The molecule has 1 spiro atoms. The summed E-state index contributed by atoms with van der Waals surface area (Å²) >= 11 is 0. The molecular weight excluding hydrogens is 370 g/mol. The summed E-state index contributed by atoms with van der Waals surface area (Å²) in [4.78, 5) is 43.8. The van der Waals surface area contributed by atoms with Gasteiger partial charge in [-0.25, -0.2) is 4.79 Å². The summed E-state index contributed by atoms with van der Waals surface area (Å²) in [7, 11) is 0. The molecule has 7 heteroatoms. The van der Waals surface area contributed by atoms with Crippen LogP contribution in [0, 0.1) is 5.92 Å². The van der Waals surface area contributed by atoms with Gasteiger partial charge >= 0.3 is 6.03 Å². The van der Waals surface area contributed by atoms with Gasteiger partial charge in [0.15, 0.2) is 6.61 Å². The Kier molecular flexibility index (Phi) is 4.29. The first kappa shape index (κ1) is 18.5. The molecule has 0 aromatic heterocycles. The zero-order valence-corrected chi connectivity index (χ0v) is 16.8. The molecule has 5 fully saturated rings. The Morgan fingerprint density at radius 1 is 1.21 bits per heavy atom. The Labute approximate surface area is 170 Å². The van der Waals surface area contributed by atoms with Crippen LogP contribution in [0.5, 0.6) is 5.75 Å². The summed E-state index contributed by atoms with van der Waals surface area (Å²) in [6.07, 6.45) is 4.28. The Morgan fingerprint density at radius 2 is 1.93 bits per heavy atom. The number of urea groups is 1. The van der Waals surface area contributed by atoms with E-state index >= 15 is 0 Å². The quantitative estimate of drug-likeness (QED) is 0.692. The van der Waals surface area contributed by atoms with E-state index in [4.69, 9.17) is 4.74 Å². The van der Waals surface area contributed by atoms with Crippen LogP contribution in [0.3, 0.4) is 0 Å². The van der Waals surface area contributed by atoms with Crippen LogP contribution >= 0.6 is 0 Å². The van der Waals surface area contributed by atoms with E-state index in [1.807, 2.05) is 36.1 Å². The van der Waals surface area contributed by atoms with Crippen molar-refractivity contribution in [2.75, 3.05) is 26.2 Å². The number of hydrogen-bond donors (Lipinski definition) is 0. The zero-order chi connectivity index (χ0) is 20.2. The minimum absolute atomic E-state index is 0.0151. The molecule has 2 bridgehead atoms. The molecule has 4 aliphatic heterocycles. The standard InChI is InChI=1S/C22H27N3O4/c1-2-17(25-20(27)22-11-15(12-22)13-24(22)21(25)28)16-7-3-4-8-18(16)29-14-19(26)23-9-5-6-10-23/h3-4,7-8,15,17H,2,5-6,9-14H2,1H3. The minimum Gasteiger partial charge on any atom is -0.483 e. The summed E-state index contributed by atoms with van der Waals surface area (Å²) < 4.78 is 5.90. The van der Waals surface area contributed by atoms with Crippen LogP contribution in [-0.2, 0) is 9.59 Å². The number of ether oxygens (including phenoxy) is 1. The van der Waals surface area contributed by atoms with E-state index in [2.05, 4.69) is 0 Å². The number of carbonyl (C=O) groups excluding carboxylic acids is 3. The lowest BCUT2D eigenvalue weighted by molar-refractivity contribution is -0.137. The number of para-hydroxylation sites is 1. The molecule has 0 radical (unpaired) electrons. The molecule has 1 aromatic carbocycles. The molecule has 154 valence electrons. The van der Waals surface area contributed by atoms with Crippen molar-refractivity contribution in [3.8, 4) is 5.75 Å². The lowest BCUT2D eigenvalue weighted by Gasteiger charge is -2.35. The molecule has 1 atom stereocenters. The van der Waals surface area contributed by atoms with Gasteiger partial charge in [0.05, 0.1) is 6.04 Å². The van der Waals surface area contributed by atoms with Crippen molar-refractivity contribution in [2.24, 2.45) is 5.92 Å². The molecule has 29 heavy (non-hydrogen) atoms. The van der Waals surface area contributed by atoms with E-state index in [-0.39, 0.29) is 30.5 Å². The van der Waals surface area contributed by atoms with Gasteiger partial charge in [-0.1, -0.05) is 25.1 Å². The van der Waals surface area contributed by atoms with Crippen LogP contribution in [0.25, 0.3) is 0 Å². The van der Waals surface area contributed by atoms with Crippen molar-refractivity contribution in [2.45, 2.75) is 50.6 Å². The van der Waals surface area contributed by atoms with Gasteiger partial charge in [0.1, 0.15) is 11.3 Å². The fourth-order valence-corrected chi connectivity index (χ4v) is 5.57. The highest BCUT2D eigenvalue weighted by Gasteiger charge is 2.69. The Balaban J connectivity index is 1.37. The molecule has 1 aromatic rings. The van der Waals surface area contributed by atoms with Crippen molar-refractivity contribution in [1.29, 1.82) is 0 Å². The second-order valence-electron chi connectivity index (χ2n) is 8.71. The number of likely N-dealkylation sites (tertiary alicyclic amines) is 1. The first-order valence-electron chi connectivity index (χ1n) is 10.7. The molecule has 1 unspecified atom stereocenters. The van der Waals surface area contributed by atoms with Gasteiger partial charge < -0.3 is 14.5 Å². The van der Waals surface area contributed by atoms with E-state index in [1.54, 1.807) is 4.90 Å². The minimum atomic E-state index is -0.587. The molecule has 4 amide bonds. The third-order valence-electron chi connectivity index (χ3n) is 7.05. The summed E-state index contributed by atoms with van der Waals surface area (Å²) in [5.74, 6) is 0.977. The molecule has 0 N–H and O–H groups in total. The summed E-state index contributed by atoms with van der Waals surface area (Å²) in [5, 5.41) is 0. The van der Waals surface area contributed by atoms with Gasteiger partial charge in [0, 0.05) is 25.2 Å². The lowest BCUT2D eigenvalue weighted by Crippen LogP contribution is -2.49. The van der Waals surface area contributed by atoms with Crippen molar-refractivity contribution >= 4 is 17.8 Å². The van der Waals surface area contributed by atoms with Crippen LogP contribution in [0.4, 0.5) is 4.79 Å². The second-order valence-corrected chi connectivity index (χ2v) is 8.71. The van der Waals surface area contributed by atoms with Gasteiger partial charge in [-0.3, -0.25) is 14.5 Å². The average molecular weight is 397 g/mol.